The molecule has 2 atom stereocenters. The Balaban J connectivity index is 1.90. The molecule has 118 valence electrons. The van der Waals surface area contributed by atoms with Gasteiger partial charge < -0.3 is 14.9 Å². The van der Waals surface area contributed by atoms with Gasteiger partial charge in [-0.2, -0.15) is 0 Å². The maximum Gasteiger partial charge on any atom is 0.337 e. The van der Waals surface area contributed by atoms with E-state index in [4.69, 9.17) is 0 Å². The van der Waals surface area contributed by atoms with E-state index in [1.807, 2.05) is 0 Å². The molecule has 22 heavy (non-hydrogen) atoms. The molecule has 1 aliphatic rings. The fourth-order valence-electron chi connectivity index (χ4n) is 2.34. The number of ether oxygens (including phenoxy) is 1. The molecule has 2 N–H and O–H groups in total. The van der Waals surface area contributed by atoms with Crippen molar-refractivity contribution in [2.45, 2.75) is 25.0 Å². The lowest BCUT2D eigenvalue weighted by atomic mass is 10.1. The topological polar surface area (TPSA) is 104 Å². The number of amides is 2. The molecule has 0 aliphatic carbocycles. The second-order valence-electron chi connectivity index (χ2n) is 4.99. The van der Waals surface area contributed by atoms with E-state index >= 15 is 0 Å². The summed E-state index contributed by atoms with van der Waals surface area (Å²) in [7, 11) is 1.11. The van der Waals surface area contributed by atoms with E-state index in [0.717, 1.165) is 12.0 Å². The first-order valence-electron chi connectivity index (χ1n) is 6.86. The molecule has 0 radical (unpaired) electrons. The second kappa shape index (κ2) is 6.67. The van der Waals surface area contributed by atoms with E-state index in [2.05, 4.69) is 4.74 Å². The maximum absolute atomic E-state index is 12.1. The van der Waals surface area contributed by atoms with Gasteiger partial charge >= 0.3 is 5.97 Å². The van der Waals surface area contributed by atoms with Crippen molar-refractivity contribution in [1.29, 1.82) is 0 Å². The predicted octanol–water partition coefficient (Wildman–Crippen LogP) is -0.0424. The van der Waals surface area contributed by atoms with Crippen LogP contribution in [-0.4, -0.2) is 58.8 Å². The van der Waals surface area contributed by atoms with Crippen molar-refractivity contribution in [3.05, 3.63) is 35.4 Å². The number of rotatable bonds is 6. The molecule has 7 nitrogen and oxygen atoms in total. The van der Waals surface area contributed by atoms with E-state index in [1.54, 1.807) is 24.3 Å². The molecule has 0 saturated carbocycles. The van der Waals surface area contributed by atoms with Crippen molar-refractivity contribution in [3.8, 4) is 0 Å². The summed E-state index contributed by atoms with van der Waals surface area (Å²) in [5.74, 6) is -1.67. The first-order chi connectivity index (χ1) is 10.5. The lowest BCUT2D eigenvalue weighted by Gasteiger charge is -2.18. The van der Waals surface area contributed by atoms with Gasteiger partial charge in [-0.15, -0.1) is 0 Å². The van der Waals surface area contributed by atoms with Gasteiger partial charge in [-0.3, -0.25) is 14.5 Å². The van der Waals surface area contributed by atoms with Crippen molar-refractivity contribution >= 4 is 17.8 Å². The molecule has 0 bridgehead atoms. The first-order valence-corrected chi connectivity index (χ1v) is 6.86. The molecular formula is C15H17NO6. The maximum atomic E-state index is 12.1. The Labute approximate surface area is 127 Å². The number of hydrogen-bond acceptors (Lipinski definition) is 6. The second-order valence-corrected chi connectivity index (χ2v) is 4.99. The zero-order chi connectivity index (χ0) is 16.3. The van der Waals surface area contributed by atoms with E-state index in [1.165, 1.54) is 0 Å². The predicted molar refractivity (Wildman–Crippen MR) is 75.1 cm³/mol. The Hall–Kier alpha value is -2.25. The third kappa shape index (κ3) is 3.00. The van der Waals surface area contributed by atoms with Gasteiger partial charge in [-0.05, 0) is 25.0 Å². The van der Waals surface area contributed by atoms with E-state index in [0.29, 0.717) is 11.1 Å². The van der Waals surface area contributed by atoms with E-state index < -0.39 is 18.2 Å². The third-order valence-corrected chi connectivity index (χ3v) is 3.57. The summed E-state index contributed by atoms with van der Waals surface area (Å²) in [4.78, 5) is 36.4. The minimum absolute atomic E-state index is 0.0592. The van der Waals surface area contributed by atoms with Gasteiger partial charge in [0.1, 0.15) is 0 Å². The van der Waals surface area contributed by atoms with Crippen LogP contribution in [0, 0.1) is 0 Å². The molecule has 2 amide bonds. The van der Waals surface area contributed by atoms with E-state index in [-0.39, 0.29) is 31.2 Å². The number of aliphatic hydroxyl groups excluding tert-OH is 2. The number of imide groups is 1. The fraction of sp³-hybridized carbons (Fsp3) is 0.400. The molecule has 0 aromatic heterocycles. The van der Waals surface area contributed by atoms with Crippen LogP contribution in [0.5, 0.6) is 0 Å². The number of methoxy groups -OCH3 is 1. The average Bonchev–Trinajstić information content (AvgIpc) is 2.78. The number of nitrogens with zero attached hydrogens (tertiary/aromatic N) is 1. The molecule has 1 aromatic carbocycles. The summed E-state index contributed by atoms with van der Waals surface area (Å²) in [5, 5.41) is 19.1. The number of benzene rings is 1. The Morgan fingerprint density at radius 2 is 1.73 bits per heavy atom. The molecule has 1 heterocycles. The summed E-state index contributed by atoms with van der Waals surface area (Å²) in [6, 6.07) is 6.55. The fourth-order valence-corrected chi connectivity index (χ4v) is 2.34. The third-order valence-electron chi connectivity index (χ3n) is 3.57. The largest absolute Gasteiger partial charge is 0.467 e. The summed E-state index contributed by atoms with van der Waals surface area (Å²) >= 11 is 0. The molecular weight excluding hydrogens is 290 g/mol. The molecule has 1 aliphatic heterocycles. The quantitative estimate of drug-likeness (QED) is 0.564. The number of carbonyl (C=O) groups excluding carboxylic acids is 3. The Morgan fingerprint density at radius 1 is 1.18 bits per heavy atom. The van der Waals surface area contributed by atoms with Crippen LogP contribution in [-0.2, 0) is 9.53 Å². The Bertz CT molecular complexity index is 564. The van der Waals surface area contributed by atoms with Gasteiger partial charge in [-0.1, -0.05) is 12.1 Å². The lowest BCUT2D eigenvalue weighted by Crippen LogP contribution is -2.36. The van der Waals surface area contributed by atoms with Crippen molar-refractivity contribution in [1.82, 2.24) is 4.90 Å². The molecule has 7 heteroatoms. The van der Waals surface area contributed by atoms with Crippen molar-refractivity contribution < 1.29 is 29.3 Å². The van der Waals surface area contributed by atoms with Crippen LogP contribution in [0.3, 0.4) is 0 Å². The van der Waals surface area contributed by atoms with Gasteiger partial charge in [0.15, 0.2) is 6.10 Å². The summed E-state index contributed by atoms with van der Waals surface area (Å²) in [6.07, 6.45) is -2.61. The molecule has 0 unspecified atom stereocenters. The molecule has 0 spiro atoms. The van der Waals surface area contributed by atoms with Gasteiger partial charge in [0.2, 0.25) is 0 Å². The van der Waals surface area contributed by atoms with Crippen LogP contribution < -0.4 is 0 Å². The van der Waals surface area contributed by atoms with Gasteiger partial charge in [0.25, 0.3) is 11.8 Å². The zero-order valence-electron chi connectivity index (χ0n) is 12.1. The summed E-state index contributed by atoms with van der Waals surface area (Å²) < 4.78 is 4.32. The molecule has 0 saturated heterocycles. The smallest absolute Gasteiger partial charge is 0.337 e. The van der Waals surface area contributed by atoms with Crippen molar-refractivity contribution in [3.63, 3.8) is 0 Å². The Morgan fingerprint density at radius 3 is 2.23 bits per heavy atom. The summed E-state index contributed by atoms with van der Waals surface area (Å²) in [6.45, 7) is 0.108. The van der Waals surface area contributed by atoms with Gasteiger partial charge in [0, 0.05) is 6.54 Å². The lowest BCUT2D eigenvalue weighted by molar-refractivity contribution is -0.156. The highest BCUT2D eigenvalue weighted by Crippen LogP contribution is 2.22. The highest BCUT2D eigenvalue weighted by Gasteiger charge is 2.35. The Kier molecular flexibility index (Phi) is 4.89. The van der Waals surface area contributed by atoms with Crippen molar-refractivity contribution in [2.75, 3.05) is 13.7 Å². The number of aliphatic hydroxyl groups is 2. The highest BCUT2D eigenvalue weighted by atomic mass is 16.5. The average molecular weight is 307 g/mol. The number of esters is 1. The zero-order valence-corrected chi connectivity index (χ0v) is 12.1. The normalized spacial score (nSPS) is 16.4. The first kappa shape index (κ1) is 16.1. The standard InChI is InChI=1S/C15H17NO6/c1-22-15(21)12(18)11(17)7-4-8-16-13(19)9-5-2-3-6-10(9)14(16)20/h2-3,5-6,11-12,17-18H,4,7-8H2,1H3/t11-,12+/m1/s1. The van der Waals surface area contributed by atoms with Crippen molar-refractivity contribution in [2.24, 2.45) is 0 Å². The van der Waals surface area contributed by atoms with Gasteiger partial charge in [-0.25, -0.2) is 4.79 Å². The van der Waals surface area contributed by atoms with E-state index in [9.17, 15) is 24.6 Å². The minimum Gasteiger partial charge on any atom is -0.467 e. The highest BCUT2D eigenvalue weighted by molar-refractivity contribution is 6.21. The van der Waals surface area contributed by atoms with Crippen LogP contribution in [0.1, 0.15) is 33.6 Å². The van der Waals surface area contributed by atoms with Gasteiger partial charge in [0.05, 0.1) is 24.3 Å². The SMILES string of the molecule is COC(=O)[C@@H](O)[C@H](O)CCCN1C(=O)c2ccccc2C1=O. The number of hydrogen-bond donors (Lipinski definition) is 2. The minimum atomic E-state index is -1.63. The van der Waals surface area contributed by atoms with Crippen LogP contribution in [0.25, 0.3) is 0 Å². The van der Waals surface area contributed by atoms with Crippen LogP contribution in [0.2, 0.25) is 0 Å². The molecule has 1 aromatic rings. The van der Waals surface area contributed by atoms with Crippen LogP contribution in [0.4, 0.5) is 0 Å². The number of carbonyl (C=O) groups is 3. The monoisotopic (exact) mass is 307 g/mol. The molecule has 0 fully saturated rings. The summed E-state index contributed by atoms with van der Waals surface area (Å²) in [5.41, 5.74) is 0.727. The molecule has 2 rings (SSSR count). The van der Waals surface area contributed by atoms with Crippen LogP contribution in [0.15, 0.2) is 24.3 Å². The van der Waals surface area contributed by atoms with Crippen LogP contribution >= 0.6 is 0 Å². The number of fused-ring (bicyclic) bond motifs is 1.